The first-order valence-corrected chi connectivity index (χ1v) is 21.9. The largest absolute Gasteiger partial charge is 0.398 e. The van der Waals surface area contributed by atoms with Crippen molar-refractivity contribution >= 4 is 48.0 Å². The Balaban J connectivity index is 1.38. The van der Waals surface area contributed by atoms with E-state index in [9.17, 15) is 14.9 Å². The highest BCUT2D eigenvalue weighted by atomic mass is 28.4. The number of hydrogen-bond donors (Lipinski definition) is 2. The molecular weight excluding hydrogens is 765 g/mol. The third-order valence-corrected chi connectivity index (χ3v) is 16.8. The summed E-state index contributed by atoms with van der Waals surface area (Å²) < 4.78 is 24.8. The van der Waals surface area contributed by atoms with E-state index in [4.69, 9.17) is 23.6 Å². The minimum Gasteiger partial charge on any atom is -0.398 e. The summed E-state index contributed by atoms with van der Waals surface area (Å²) in [4.78, 5) is 43.3. The number of piperazine rings is 1. The van der Waals surface area contributed by atoms with Crippen molar-refractivity contribution in [1.82, 2.24) is 19.8 Å². The number of urea groups is 1. The number of methoxy groups -OCH3 is 3. The van der Waals surface area contributed by atoms with Gasteiger partial charge in [-0.25, -0.2) is 14.8 Å². The predicted octanol–water partition coefficient (Wildman–Crippen LogP) is 4.96. The van der Waals surface area contributed by atoms with Gasteiger partial charge in [-0.05, 0) is 34.1 Å². The van der Waals surface area contributed by atoms with Gasteiger partial charge in [-0.3, -0.25) is 19.9 Å². The normalized spacial score (nSPS) is 19.2. The smallest absolute Gasteiger partial charge is 0.328 e. The Morgan fingerprint density at radius 1 is 1.02 bits per heavy atom. The maximum Gasteiger partial charge on any atom is 0.328 e. The third kappa shape index (κ3) is 7.96. The van der Waals surface area contributed by atoms with Gasteiger partial charge in [0.2, 0.25) is 12.2 Å². The van der Waals surface area contributed by atoms with Crippen molar-refractivity contribution in [3.63, 3.8) is 0 Å². The van der Waals surface area contributed by atoms with Crippen LogP contribution in [-0.4, -0.2) is 107 Å². The fourth-order valence-electron chi connectivity index (χ4n) is 8.76. The number of nitrogens with zero attached hydrogens (tertiary/aromatic N) is 6. The monoisotopic (exact) mass is 818 g/mol. The zero-order valence-corrected chi connectivity index (χ0v) is 35.9. The van der Waals surface area contributed by atoms with Crippen LogP contribution in [0.3, 0.4) is 0 Å². The fraction of sp³-hybridized carbons (Fsp3) is 0.432. The lowest BCUT2D eigenvalue weighted by molar-refractivity contribution is -0.136. The highest BCUT2D eigenvalue weighted by Gasteiger charge is 2.63. The highest BCUT2D eigenvalue weighted by Crippen LogP contribution is 2.58. The highest BCUT2D eigenvalue weighted by molar-refractivity contribution is 6.99. The van der Waals surface area contributed by atoms with E-state index in [2.05, 4.69) is 97.1 Å². The predicted molar refractivity (Wildman–Crippen MR) is 228 cm³/mol. The Kier molecular flexibility index (Phi) is 12.2. The molecule has 0 atom stereocenters. The molecule has 310 valence electrons. The fourth-order valence-corrected chi connectivity index (χ4v) is 13.6. The van der Waals surface area contributed by atoms with Gasteiger partial charge in [-0.1, -0.05) is 81.4 Å². The van der Waals surface area contributed by atoms with Crippen LogP contribution in [0.2, 0.25) is 5.04 Å². The molecule has 2 bridgehead atoms. The second-order valence-corrected chi connectivity index (χ2v) is 20.7. The molecule has 2 N–H and O–H groups in total. The van der Waals surface area contributed by atoms with Gasteiger partial charge in [0.1, 0.15) is 23.4 Å². The summed E-state index contributed by atoms with van der Waals surface area (Å²) in [5, 5.41) is 17.9. The number of benzene rings is 2. The number of ether oxygens (including phenoxy) is 3. The molecular formula is C44H54N8O6Si. The van der Waals surface area contributed by atoms with Crippen molar-refractivity contribution in [2.45, 2.75) is 63.1 Å². The first-order chi connectivity index (χ1) is 28.4. The summed E-state index contributed by atoms with van der Waals surface area (Å²) in [6.45, 7) is 9.55. The summed E-state index contributed by atoms with van der Waals surface area (Å²) in [7, 11) is 3.51. The Bertz CT molecular complexity index is 2150. The Labute approximate surface area is 347 Å². The molecule has 2 fully saturated rings. The summed E-state index contributed by atoms with van der Waals surface area (Å²) in [6.07, 6.45) is 1.60. The van der Waals surface area contributed by atoms with E-state index in [0.29, 0.717) is 61.8 Å². The van der Waals surface area contributed by atoms with Crippen LogP contribution in [0.4, 0.5) is 22.1 Å². The molecule has 2 aromatic heterocycles. The van der Waals surface area contributed by atoms with Crippen molar-refractivity contribution in [3.05, 3.63) is 101 Å². The second kappa shape index (κ2) is 17.2. The van der Waals surface area contributed by atoms with Gasteiger partial charge in [-0.15, -0.1) is 0 Å². The number of amides is 3. The van der Waals surface area contributed by atoms with E-state index in [0.717, 1.165) is 28.0 Å². The minimum absolute atomic E-state index is 0.0165. The number of likely N-dealkylation sites (N-methyl/N-ethyl adjacent to an activating group) is 1. The molecule has 0 unspecified atom stereocenters. The molecule has 5 heterocycles. The molecule has 1 saturated carbocycles. The van der Waals surface area contributed by atoms with Gasteiger partial charge >= 0.3 is 6.03 Å². The summed E-state index contributed by atoms with van der Waals surface area (Å²) in [5.41, 5.74) is 2.04. The first-order valence-electron chi connectivity index (χ1n) is 20.0. The average Bonchev–Trinajstić information content (AvgIpc) is 3.21. The lowest BCUT2D eigenvalue weighted by Crippen LogP contribution is -2.73. The van der Waals surface area contributed by atoms with Crippen LogP contribution in [0, 0.1) is 11.3 Å². The van der Waals surface area contributed by atoms with Gasteiger partial charge in [0.15, 0.2) is 0 Å². The first kappa shape index (κ1) is 41.9. The minimum atomic E-state index is -3.13. The number of aromatic nitrogens is 2. The molecule has 8 rings (SSSR count). The zero-order valence-electron chi connectivity index (χ0n) is 34.9. The number of hydrogen-bond acceptors (Lipinski definition) is 11. The number of nitriles is 1. The van der Waals surface area contributed by atoms with E-state index >= 15 is 0 Å². The second-order valence-electron chi connectivity index (χ2n) is 16.5. The van der Waals surface area contributed by atoms with E-state index in [1.165, 1.54) is 6.20 Å². The lowest BCUT2D eigenvalue weighted by atomic mass is 9.67. The van der Waals surface area contributed by atoms with E-state index in [-0.39, 0.29) is 29.3 Å². The van der Waals surface area contributed by atoms with Crippen LogP contribution in [-0.2, 0) is 35.6 Å². The van der Waals surface area contributed by atoms with Gasteiger partial charge in [-0.2, -0.15) is 5.26 Å². The number of carbonyl (C=O) groups is 2. The van der Waals surface area contributed by atoms with Crippen molar-refractivity contribution in [1.29, 1.82) is 5.26 Å². The van der Waals surface area contributed by atoms with E-state index < -0.39 is 26.2 Å². The van der Waals surface area contributed by atoms with Crippen molar-refractivity contribution in [2.75, 3.05) is 76.7 Å². The van der Waals surface area contributed by atoms with Crippen molar-refractivity contribution < 1.29 is 28.2 Å². The zero-order chi connectivity index (χ0) is 42.0. The molecule has 4 aliphatic rings. The quantitative estimate of drug-likeness (QED) is 0.101. The number of nitrogens with one attached hydrogen (secondary N) is 2. The van der Waals surface area contributed by atoms with Crippen molar-refractivity contribution in [3.8, 4) is 6.07 Å². The maximum atomic E-state index is 14.7. The van der Waals surface area contributed by atoms with Gasteiger partial charge in [0, 0.05) is 84.2 Å². The summed E-state index contributed by atoms with van der Waals surface area (Å²) >= 11 is 0. The number of rotatable bonds is 14. The molecule has 0 radical (unpaired) electrons. The molecule has 59 heavy (non-hydrogen) atoms. The van der Waals surface area contributed by atoms with Crippen LogP contribution in [0.5, 0.6) is 0 Å². The number of pyridine rings is 2. The van der Waals surface area contributed by atoms with Crippen LogP contribution >= 0.6 is 0 Å². The van der Waals surface area contributed by atoms with E-state index in [1.807, 2.05) is 29.0 Å². The summed E-state index contributed by atoms with van der Waals surface area (Å²) in [5.74, 6) is 0.715. The van der Waals surface area contributed by atoms with Crippen LogP contribution < -0.4 is 25.9 Å². The Morgan fingerprint density at radius 2 is 1.68 bits per heavy atom. The van der Waals surface area contributed by atoms with Gasteiger partial charge in [0.05, 0.1) is 30.0 Å². The summed E-state index contributed by atoms with van der Waals surface area (Å²) in [6, 6.07) is 26.2. The molecule has 14 nitrogen and oxygen atoms in total. The maximum absolute atomic E-state index is 14.7. The molecule has 4 aromatic rings. The van der Waals surface area contributed by atoms with E-state index in [1.54, 1.807) is 32.3 Å². The lowest BCUT2D eigenvalue weighted by Gasteiger charge is -2.61. The van der Waals surface area contributed by atoms with Crippen LogP contribution in [0.15, 0.2) is 79.0 Å². The molecule has 3 amide bonds. The SMILES string of the molecule is COCCNc1cc(NC(=O)N2c3nc(C(OC)OC)c(CN4CCN(C)CC4=O)cc3C3(O[Si](c4ccccc4)(c4ccccc4)C(C)(C)C)CC2C3)ncc1C#N. The van der Waals surface area contributed by atoms with Gasteiger partial charge < -0.3 is 28.9 Å². The molecule has 3 aliphatic heterocycles. The number of anilines is 3. The Hall–Kier alpha value is -5.21. The van der Waals surface area contributed by atoms with Crippen LogP contribution in [0.25, 0.3) is 0 Å². The molecule has 1 saturated heterocycles. The molecule has 0 spiro atoms. The van der Waals surface area contributed by atoms with Crippen molar-refractivity contribution in [2.24, 2.45) is 0 Å². The third-order valence-electron chi connectivity index (χ3n) is 11.7. The standard InChI is InChI=1S/C44H54N8O6Si/c1-43(2,3)59(33-14-10-8-11-15-33,34-16-12-9-13-17-34)58-44-24-32(25-44)52(42(54)48-37-23-36(46-18-21-55-5)31(26-45)27-47-37)40-35(44)22-30(39(49-40)41(56-6)57-7)28-51-20-19-50(4)29-38(51)53/h8-17,22-23,27,32,41H,18-21,24-25,28-29H2,1-7H3,(H2,46,47,48,54). The van der Waals surface area contributed by atoms with Gasteiger partial charge in [0.25, 0.3) is 8.32 Å². The molecule has 15 heteroatoms. The molecule has 2 aromatic carbocycles. The topological polar surface area (TPSA) is 154 Å². The Morgan fingerprint density at radius 3 is 2.25 bits per heavy atom. The van der Waals surface area contributed by atoms with Crippen LogP contribution in [0.1, 0.15) is 62.3 Å². The molecule has 1 aliphatic carbocycles. The average molecular weight is 819 g/mol. The number of carbonyl (C=O) groups excluding carboxylic acids is 2.